The van der Waals surface area contributed by atoms with Crippen LogP contribution in [0.5, 0.6) is 0 Å². The molecule has 4 nitrogen and oxygen atoms in total. The van der Waals surface area contributed by atoms with Crippen molar-refractivity contribution >= 4 is 39.5 Å². The van der Waals surface area contributed by atoms with E-state index >= 15 is 0 Å². The Morgan fingerprint density at radius 2 is 1.84 bits per heavy atom. The summed E-state index contributed by atoms with van der Waals surface area (Å²) in [5.74, 6) is -0.179. The van der Waals surface area contributed by atoms with Gasteiger partial charge in [0.05, 0.1) is 5.69 Å². The van der Waals surface area contributed by atoms with Gasteiger partial charge >= 0.3 is 0 Å². The fraction of sp³-hybridized carbons (Fsp3) is 0.0526. The molecule has 0 fully saturated rings. The van der Waals surface area contributed by atoms with Crippen LogP contribution in [0.2, 0.25) is 5.02 Å². The van der Waals surface area contributed by atoms with Crippen LogP contribution in [0.25, 0.3) is 16.2 Å². The molecule has 2 aromatic carbocycles. The van der Waals surface area contributed by atoms with Crippen molar-refractivity contribution in [1.29, 1.82) is 0 Å². The van der Waals surface area contributed by atoms with Gasteiger partial charge in [0, 0.05) is 27.9 Å². The fourth-order valence-electron chi connectivity index (χ4n) is 2.54. The van der Waals surface area contributed by atoms with E-state index in [-0.39, 0.29) is 5.91 Å². The van der Waals surface area contributed by atoms with Crippen molar-refractivity contribution in [3.05, 3.63) is 76.4 Å². The number of hydrogen-bond acceptors (Lipinski definition) is 3. The molecule has 2 heterocycles. The number of nitrogens with one attached hydrogen (secondary N) is 1. The summed E-state index contributed by atoms with van der Waals surface area (Å²) in [6.07, 6.45) is 1.90. The second-order valence-corrected chi connectivity index (χ2v) is 7.00. The number of thiazole rings is 1. The molecule has 0 atom stereocenters. The molecule has 2 aromatic heterocycles. The van der Waals surface area contributed by atoms with E-state index in [9.17, 15) is 4.79 Å². The number of carbonyl (C=O) groups excluding carboxylic acids is 1. The van der Waals surface area contributed by atoms with E-state index in [2.05, 4.69) is 29.4 Å². The molecule has 25 heavy (non-hydrogen) atoms. The predicted octanol–water partition coefficient (Wildman–Crippen LogP) is 5.28. The molecule has 124 valence electrons. The van der Waals surface area contributed by atoms with Gasteiger partial charge in [0.2, 0.25) is 0 Å². The van der Waals surface area contributed by atoms with Crippen LogP contribution in [0.4, 0.5) is 5.69 Å². The first-order valence-corrected chi connectivity index (χ1v) is 8.96. The first-order valence-electron chi connectivity index (χ1n) is 7.71. The van der Waals surface area contributed by atoms with E-state index in [0.717, 1.165) is 16.2 Å². The number of nitrogens with zero attached hydrogens (tertiary/aromatic N) is 2. The van der Waals surface area contributed by atoms with Crippen LogP contribution < -0.4 is 5.32 Å². The topological polar surface area (TPSA) is 46.4 Å². The molecule has 0 bridgehead atoms. The van der Waals surface area contributed by atoms with Gasteiger partial charge in [0.25, 0.3) is 5.91 Å². The minimum atomic E-state index is -0.179. The summed E-state index contributed by atoms with van der Waals surface area (Å²) < 4.78 is 1.82. The SMILES string of the molecule is Cc1ccc(-c2cn3c(C(=O)Nc4ccc(Cl)cc4)csc3n2)cc1. The maximum Gasteiger partial charge on any atom is 0.273 e. The number of imidazole rings is 1. The van der Waals surface area contributed by atoms with Gasteiger partial charge in [-0.1, -0.05) is 41.4 Å². The highest BCUT2D eigenvalue weighted by Crippen LogP contribution is 2.24. The van der Waals surface area contributed by atoms with Crippen LogP contribution in [0, 0.1) is 6.92 Å². The van der Waals surface area contributed by atoms with Crippen LogP contribution in [0.1, 0.15) is 16.1 Å². The van der Waals surface area contributed by atoms with Gasteiger partial charge in [-0.05, 0) is 31.2 Å². The number of carbonyl (C=O) groups is 1. The zero-order chi connectivity index (χ0) is 17.4. The molecule has 0 saturated carbocycles. The number of benzene rings is 2. The van der Waals surface area contributed by atoms with E-state index in [0.29, 0.717) is 16.4 Å². The Bertz CT molecular complexity index is 1050. The van der Waals surface area contributed by atoms with Crippen molar-refractivity contribution in [2.75, 3.05) is 5.32 Å². The summed E-state index contributed by atoms with van der Waals surface area (Å²) in [6, 6.07) is 15.2. The third-order valence-electron chi connectivity index (χ3n) is 3.89. The Hall–Kier alpha value is -2.63. The summed E-state index contributed by atoms with van der Waals surface area (Å²) in [5.41, 5.74) is 4.35. The number of halogens is 1. The van der Waals surface area contributed by atoms with Crippen molar-refractivity contribution in [3.63, 3.8) is 0 Å². The van der Waals surface area contributed by atoms with E-state index < -0.39 is 0 Å². The standard InChI is InChI=1S/C19H14ClN3OS/c1-12-2-4-13(5-3-12)16-10-23-17(11-25-19(23)22-16)18(24)21-15-8-6-14(20)7-9-15/h2-11H,1H3,(H,21,24). The molecule has 4 rings (SSSR count). The summed E-state index contributed by atoms with van der Waals surface area (Å²) >= 11 is 7.32. The van der Waals surface area contributed by atoms with E-state index in [4.69, 9.17) is 11.6 Å². The number of anilines is 1. The molecule has 0 saturated heterocycles. The normalized spacial score (nSPS) is 11.0. The lowest BCUT2D eigenvalue weighted by Crippen LogP contribution is -2.13. The van der Waals surface area contributed by atoms with Gasteiger partial charge < -0.3 is 5.32 Å². The van der Waals surface area contributed by atoms with Gasteiger partial charge in [-0.2, -0.15) is 0 Å². The second-order valence-electron chi connectivity index (χ2n) is 5.73. The van der Waals surface area contributed by atoms with Crippen molar-refractivity contribution in [2.24, 2.45) is 0 Å². The highest BCUT2D eigenvalue weighted by Gasteiger charge is 2.15. The van der Waals surface area contributed by atoms with Crippen molar-refractivity contribution in [2.45, 2.75) is 6.92 Å². The Kier molecular flexibility index (Phi) is 4.03. The largest absolute Gasteiger partial charge is 0.321 e. The van der Waals surface area contributed by atoms with Crippen LogP contribution in [0.3, 0.4) is 0 Å². The number of rotatable bonds is 3. The Morgan fingerprint density at radius 1 is 1.12 bits per heavy atom. The predicted molar refractivity (Wildman–Crippen MR) is 103 cm³/mol. The molecule has 0 spiro atoms. The van der Waals surface area contributed by atoms with E-state index in [1.54, 1.807) is 24.3 Å². The number of hydrogen-bond donors (Lipinski definition) is 1. The van der Waals surface area contributed by atoms with Crippen LogP contribution in [-0.4, -0.2) is 15.3 Å². The lowest BCUT2D eigenvalue weighted by Gasteiger charge is -2.04. The molecule has 0 radical (unpaired) electrons. The Morgan fingerprint density at radius 3 is 2.56 bits per heavy atom. The first-order chi connectivity index (χ1) is 12.1. The zero-order valence-electron chi connectivity index (χ0n) is 13.4. The summed E-state index contributed by atoms with van der Waals surface area (Å²) in [6.45, 7) is 2.05. The Balaban J connectivity index is 1.64. The van der Waals surface area contributed by atoms with Crippen LogP contribution in [0.15, 0.2) is 60.1 Å². The summed E-state index contributed by atoms with van der Waals surface area (Å²) in [7, 11) is 0. The van der Waals surface area contributed by atoms with Gasteiger partial charge in [-0.15, -0.1) is 11.3 Å². The monoisotopic (exact) mass is 367 g/mol. The highest BCUT2D eigenvalue weighted by atomic mass is 35.5. The molecule has 1 N–H and O–H groups in total. The third kappa shape index (κ3) is 3.16. The molecular formula is C19H14ClN3OS. The minimum absolute atomic E-state index is 0.179. The average molecular weight is 368 g/mol. The number of aryl methyl sites for hydroxylation is 1. The maximum atomic E-state index is 12.6. The number of amides is 1. The molecule has 0 aliphatic carbocycles. The third-order valence-corrected chi connectivity index (χ3v) is 4.98. The lowest BCUT2D eigenvalue weighted by molar-refractivity contribution is 0.102. The molecule has 0 aliphatic rings. The minimum Gasteiger partial charge on any atom is -0.321 e. The second kappa shape index (κ2) is 6.35. The molecular weight excluding hydrogens is 354 g/mol. The summed E-state index contributed by atoms with van der Waals surface area (Å²) in [4.78, 5) is 18.0. The zero-order valence-corrected chi connectivity index (χ0v) is 14.9. The van der Waals surface area contributed by atoms with Gasteiger partial charge in [-0.3, -0.25) is 9.20 Å². The number of fused-ring (bicyclic) bond motifs is 1. The molecule has 0 unspecified atom stereocenters. The number of aromatic nitrogens is 2. The fourth-order valence-corrected chi connectivity index (χ4v) is 3.52. The molecule has 1 amide bonds. The average Bonchev–Trinajstić information content (AvgIpc) is 3.18. The van der Waals surface area contributed by atoms with Gasteiger partial charge in [-0.25, -0.2) is 4.98 Å². The quantitative estimate of drug-likeness (QED) is 0.535. The van der Waals surface area contributed by atoms with Crippen molar-refractivity contribution < 1.29 is 4.79 Å². The van der Waals surface area contributed by atoms with E-state index in [1.807, 2.05) is 28.1 Å². The summed E-state index contributed by atoms with van der Waals surface area (Å²) in [5, 5.41) is 5.33. The van der Waals surface area contributed by atoms with E-state index in [1.165, 1.54) is 16.9 Å². The first kappa shape index (κ1) is 15.9. The van der Waals surface area contributed by atoms with Crippen LogP contribution in [-0.2, 0) is 0 Å². The lowest BCUT2D eigenvalue weighted by atomic mass is 10.1. The molecule has 4 aromatic rings. The van der Waals surface area contributed by atoms with Crippen LogP contribution >= 0.6 is 22.9 Å². The highest BCUT2D eigenvalue weighted by molar-refractivity contribution is 7.15. The Labute approximate surface area is 153 Å². The smallest absolute Gasteiger partial charge is 0.273 e. The van der Waals surface area contributed by atoms with Crippen molar-refractivity contribution in [3.8, 4) is 11.3 Å². The molecule has 0 aliphatic heterocycles. The molecule has 6 heteroatoms. The van der Waals surface area contributed by atoms with Crippen molar-refractivity contribution in [1.82, 2.24) is 9.38 Å². The van der Waals surface area contributed by atoms with Gasteiger partial charge in [0.1, 0.15) is 5.69 Å². The van der Waals surface area contributed by atoms with Gasteiger partial charge in [0.15, 0.2) is 4.96 Å². The maximum absolute atomic E-state index is 12.6.